The summed E-state index contributed by atoms with van der Waals surface area (Å²) in [5.41, 5.74) is 0.0764. The van der Waals surface area contributed by atoms with Gasteiger partial charge in [0.05, 0.1) is 22.8 Å². The fourth-order valence-corrected chi connectivity index (χ4v) is 3.77. The van der Waals surface area contributed by atoms with Gasteiger partial charge in [-0.15, -0.1) is 0 Å². The van der Waals surface area contributed by atoms with Crippen molar-refractivity contribution in [2.75, 3.05) is 5.75 Å². The van der Waals surface area contributed by atoms with Gasteiger partial charge in [-0.25, -0.2) is 13.2 Å². The summed E-state index contributed by atoms with van der Waals surface area (Å²) in [7, 11) is -3.65. The average Bonchev–Trinajstić information content (AvgIpc) is 2.91. The van der Waals surface area contributed by atoms with Crippen molar-refractivity contribution in [1.82, 2.24) is 9.78 Å². The van der Waals surface area contributed by atoms with E-state index in [4.69, 9.17) is 16.7 Å². The molecule has 6 nitrogen and oxygen atoms in total. The number of rotatable bonds is 5. The number of halogens is 1. The first-order valence-electron chi connectivity index (χ1n) is 6.05. The van der Waals surface area contributed by atoms with Crippen LogP contribution in [0, 0.1) is 6.92 Å². The zero-order chi connectivity index (χ0) is 15.6. The van der Waals surface area contributed by atoms with Crippen LogP contribution in [0.25, 0.3) is 0 Å². The second kappa shape index (κ2) is 5.87. The van der Waals surface area contributed by atoms with E-state index in [0.717, 1.165) is 0 Å². The Morgan fingerprint density at radius 1 is 1.43 bits per heavy atom. The first-order valence-corrected chi connectivity index (χ1v) is 8.08. The third-order valence-electron chi connectivity index (χ3n) is 3.04. The van der Waals surface area contributed by atoms with Gasteiger partial charge in [-0.2, -0.15) is 5.10 Å². The summed E-state index contributed by atoms with van der Waals surface area (Å²) in [5, 5.41) is 13.1. The number of nitrogens with zero attached hydrogens (tertiary/aromatic N) is 2. The Kier molecular flexibility index (Phi) is 4.34. The van der Waals surface area contributed by atoms with E-state index in [1.54, 1.807) is 18.5 Å². The summed E-state index contributed by atoms with van der Waals surface area (Å²) in [6.07, 6.45) is 3.21. The van der Waals surface area contributed by atoms with Crippen LogP contribution in [0.4, 0.5) is 0 Å². The van der Waals surface area contributed by atoms with E-state index >= 15 is 0 Å². The molecule has 0 bridgehead atoms. The van der Waals surface area contributed by atoms with E-state index in [0.29, 0.717) is 0 Å². The van der Waals surface area contributed by atoms with Crippen LogP contribution in [-0.4, -0.2) is 35.0 Å². The standard InChI is InChI=1S/C13H13ClN2O4S/c1-9-11(13(17)18)7-10(14)8-12(9)21(19,20)6-5-16-4-2-3-15-16/h2-4,7-8H,5-6H2,1H3,(H,17,18). The number of aromatic nitrogens is 2. The van der Waals surface area contributed by atoms with Crippen molar-refractivity contribution in [3.63, 3.8) is 0 Å². The van der Waals surface area contributed by atoms with Crippen molar-refractivity contribution in [3.05, 3.63) is 46.7 Å². The van der Waals surface area contributed by atoms with Crippen LogP contribution in [0.1, 0.15) is 15.9 Å². The fraction of sp³-hybridized carbons (Fsp3) is 0.231. The second-order valence-corrected chi connectivity index (χ2v) is 6.98. The predicted octanol–water partition coefficient (Wildman–Crippen LogP) is 2.02. The third-order valence-corrected chi connectivity index (χ3v) is 5.07. The van der Waals surface area contributed by atoms with Crippen LogP contribution in [0.2, 0.25) is 5.02 Å². The molecule has 0 aliphatic heterocycles. The highest BCUT2D eigenvalue weighted by Crippen LogP contribution is 2.25. The van der Waals surface area contributed by atoms with Gasteiger partial charge in [0.15, 0.2) is 9.84 Å². The monoisotopic (exact) mass is 328 g/mol. The molecule has 112 valence electrons. The molecule has 0 unspecified atom stereocenters. The number of hydrogen-bond acceptors (Lipinski definition) is 4. The maximum atomic E-state index is 12.4. The molecule has 1 aromatic heterocycles. The van der Waals surface area contributed by atoms with Crippen molar-refractivity contribution in [1.29, 1.82) is 0 Å². The molecule has 0 atom stereocenters. The number of carbonyl (C=O) groups is 1. The highest BCUT2D eigenvalue weighted by molar-refractivity contribution is 7.91. The number of sulfone groups is 1. The summed E-state index contributed by atoms with van der Waals surface area (Å²) < 4.78 is 26.3. The fourth-order valence-electron chi connectivity index (χ4n) is 1.96. The number of aryl methyl sites for hydroxylation is 1. The summed E-state index contributed by atoms with van der Waals surface area (Å²) in [6.45, 7) is 1.64. The maximum absolute atomic E-state index is 12.4. The molecule has 2 rings (SSSR count). The Bertz CT molecular complexity index is 770. The van der Waals surface area contributed by atoms with E-state index < -0.39 is 15.8 Å². The molecule has 0 amide bonds. The van der Waals surface area contributed by atoms with Gasteiger partial charge in [0.25, 0.3) is 0 Å². The Morgan fingerprint density at radius 2 is 2.14 bits per heavy atom. The van der Waals surface area contributed by atoms with Crippen LogP contribution in [0.3, 0.4) is 0 Å². The summed E-state index contributed by atoms with van der Waals surface area (Å²) in [4.78, 5) is 11.1. The molecule has 21 heavy (non-hydrogen) atoms. The lowest BCUT2D eigenvalue weighted by molar-refractivity contribution is 0.0696. The lowest BCUT2D eigenvalue weighted by atomic mass is 10.1. The first-order chi connectivity index (χ1) is 9.81. The number of carboxylic acid groups (broad SMARTS) is 1. The molecule has 0 saturated carbocycles. The molecule has 8 heteroatoms. The van der Waals surface area contributed by atoms with Gasteiger partial charge < -0.3 is 5.11 Å². The Balaban J connectivity index is 2.37. The van der Waals surface area contributed by atoms with E-state index in [-0.39, 0.29) is 33.3 Å². The number of carboxylic acids is 1. The molecule has 0 spiro atoms. The minimum atomic E-state index is -3.65. The van der Waals surface area contributed by atoms with Crippen LogP contribution in [0.15, 0.2) is 35.5 Å². The molecule has 1 heterocycles. The zero-order valence-electron chi connectivity index (χ0n) is 11.2. The van der Waals surface area contributed by atoms with Crippen LogP contribution in [-0.2, 0) is 16.4 Å². The zero-order valence-corrected chi connectivity index (χ0v) is 12.7. The van der Waals surface area contributed by atoms with Gasteiger partial charge in [0.1, 0.15) is 0 Å². The average molecular weight is 329 g/mol. The summed E-state index contributed by atoms with van der Waals surface area (Å²) >= 11 is 5.83. The molecular formula is C13H13ClN2O4S. The molecule has 0 aliphatic rings. The normalized spacial score (nSPS) is 11.5. The van der Waals surface area contributed by atoms with Gasteiger partial charge in [-0.05, 0) is 30.7 Å². The summed E-state index contributed by atoms with van der Waals surface area (Å²) in [6, 6.07) is 4.22. The molecule has 0 saturated heterocycles. The van der Waals surface area contributed by atoms with Crippen molar-refractivity contribution in [2.24, 2.45) is 0 Å². The van der Waals surface area contributed by atoms with Crippen LogP contribution in [0.5, 0.6) is 0 Å². The number of aromatic carboxylic acids is 1. The number of benzene rings is 1. The lowest BCUT2D eigenvalue weighted by Crippen LogP contribution is -2.16. The molecule has 0 aliphatic carbocycles. The van der Waals surface area contributed by atoms with Crippen LogP contribution >= 0.6 is 11.6 Å². The van der Waals surface area contributed by atoms with Gasteiger partial charge in [-0.3, -0.25) is 4.68 Å². The van der Waals surface area contributed by atoms with Gasteiger partial charge >= 0.3 is 5.97 Å². The van der Waals surface area contributed by atoms with Crippen molar-refractivity contribution in [2.45, 2.75) is 18.4 Å². The second-order valence-electron chi connectivity index (χ2n) is 4.47. The Hall–Kier alpha value is -1.86. The molecule has 0 radical (unpaired) electrons. The highest BCUT2D eigenvalue weighted by Gasteiger charge is 2.22. The van der Waals surface area contributed by atoms with Gasteiger partial charge in [-0.1, -0.05) is 11.6 Å². The molecular weight excluding hydrogens is 316 g/mol. The minimum absolute atomic E-state index is 0.0560. The highest BCUT2D eigenvalue weighted by atomic mass is 35.5. The van der Waals surface area contributed by atoms with Crippen LogP contribution < -0.4 is 0 Å². The quantitative estimate of drug-likeness (QED) is 0.907. The van der Waals surface area contributed by atoms with E-state index in [2.05, 4.69) is 5.10 Å². The third kappa shape index (κ3) is 3.43. The van der Waals surface area contributed by atoms with Crippen molar-refractivity contribution >= 4 is 27.4 Å². The van der Waals surface area contributed by atoms with E-state index in [1.807, 2.05) is 0 Å². The molecule has 2 aromatic rings. The smallest absolute Gasteiger partial charge is 0.336 e. The predicted molar refractivity (Wildman–Crippen MR) is 77.4 cm³/mol. The minimum Gasteiger partial charge on any atom is -0.478 e. The molecule has 0 fully saturated rings. The molecule has 1 aromatic carbocycles. The first kappa shape index (κ1) is 15.5. The summed E-state index contributed by atoms with van der Waals surface area (Å²) in [5.74, 6) is -1.40. The van der Waals surface area contributed by atoms with Crippen molar-refractivity contribution in [3.8, 4) is 0 Å². The Labute approximate surface area is 126 Å². The Morgan fingerprint density at radius 3 is 2.71 bits per heavy atom. The van der Waals surface area contributed by atoms with Crippen molar-refractivity contribution < 1.29 is 18.3 Å². The van der Waals surface area contributed by atoms with E-state index in [1.165, 1.54) is 23.7 Å². The molecule has 1 N–H and O–H groups in total. The van der Waals surface area contributed by atoms with E-state index in [9.17, 15) is 13.2 Å². The maximum Gasteiger partial charge on any atom is 0.336 e. The largest absolute Gasteiger partial charge is 0.478 e. The SMILES string of the molecule is Cc1c(C(=O)O)cc(Cl)cc1S(=O)(=O)CCn1cccn1. The number of hydrogen-bond donors (Lipinski definition) is 1. The van der Waals surface area contributed by atoms with Gasteiger partial charge in [0.2, 0.25) is 0 Å². The topological polar surface area (TPSA) is 89.3 Å². The van der Waals surface area contributed by atoms with Gasteiger partial charge in [0, 0.05) is 17.4 Å². The lowest BCUT2D eigenvalue weighted by Gasteiger charge is -2.11.